The van der Waals surface area contributed by atoms with Crippen LogP contribution in [0.5, 0.6) is 0 Å². The van der Waals surface area contributed by atoms with Crippen molar-refractivity contribution in [3.63, 3.8) is 0 Å². The molecule has 2 aromatic rings. The van der Waals surface area contributed by atoms with E-state index in [-0.39, 0.29) is 22.1 Å². The summed E-state index contributed by atoms with van der Waals surface area (Å²) in [5, 5.41) is 8.77. The van der Waals surface area contributed by atoms with E-state index in [1.54, 1.807) is 0 Å². The summed E-state index contributed by atoms with van der Waals surface area (Å²) in [5.74, 6) is -1.14. The normalized spacial score (nSPS) is 11.2. The molecule has 0 bridgehead atoms. The molecule has 0 saturated carbocycles. The van der Waals surface area contributed by atoms with Gasteiger partial charge in [-0.3, -0.25) is 0 Å². The van der Waals surface area contributed by atoms with Crippen LogP contribution in [0, 0.1) is 0 Å². The van der Waals surface area contributed by atoms with Gasteiger partial charge in [-0.15, -0.1) is 0 Å². The number of benzene rings is 1. The summed E-state index contributed by atoms with van der Waals surface area (Å²) in [5.41, 5.74) is 5.32. The van der Waals surface area contributed by atoms with E-state index in [4.69, 9.17) is 10.8 Å². The molecule has 0 saturated heterocycles. The van der Waals surface area contributed by atoms with Crippen LogP contribution in [-0.2, 0) is 10.0 Å². The first-order chi connectivity index (χ1) is 8.90. The van der Waals surface area contributed by atoms with E-state index in [0.29, 0.717) is 0 Å². The molecule has 0 atom stereocenters. The van der Waals surface area contributed by atoms with E-state index in [9.17, 15) is 13.2 Å². The fraction of sp³-hybridized carbons (Fsp3) is 0. The average molecular weight is 282 g/mol. The van der Waals surface area contributed by atoms with Crippen LogP contribution >= 0.6 is 0 Å². The van der Waals surface area contributed by atoms with Crippen LogP contribution in [0.15, 0.2) is 35.5 Å². The van der Waals surface area contributed by atoms with Crippen molar-refractivity contribution in [2.75, 3.05) is 10.5 Å². The molecule has 0 fully saturated rings. The minimum atomic E-state index is -3.92. The minimum Gasteiger partial charge on any atom is -0.478 e. The molecule has 0 unspecified atom stereocenters. The Hall–Kier alpha value is -2.55. The van der Waals surface area contributed by atoms with Crippen molar-refractivity contribution in [1.82, 2.24) is 9.97 Å². The third kappa shape index (κ3) is 2.65. The number of carboxylic acid groups (broad SMARTS) is 1. The van der Waals surface area contributed by atoms with Crippen LogP contribution < -0.4 is 10.5 Å². The number of anilines is 2. The number of carbonyl (C=O) groups is 1. The quantitative estimate of drug-likeness (QED) is 0.602. The van der Waals surface area contributed by atoms with Crippen molar-refractivity contribution in [3.8, 4) is 0 Å². The number of imidazole rings is 1. The summed E-state index contributed by atoms with van der Waals surface area (Å²) < 4.78 is 26.2. The first-order valence-electron chi connectivity index (χ1n) is 5.05. The Morgan fingerprint density at radius 2 is 2.16 bits per heavy atom. The van der Waals surface area contributed by atoms with Crippen LogP contribution in [0.25, 0.3) is 0 Å². The number of hydrogen-bond acceptors (Lipinski definition) is 5. The molecule has 0 aliphatic rings. The highest BCUT2D eigenvalue weighted by molar-refractivity contribution is 7.92. The highest BCUT2D eigenvalue weighted by atomic mass is 32.2. The second kappa shape index (κ2) is 4.61. The van der Waals surface area contributed by atoms with Crippen molar-refractivity contribution in [1.29, 1.82) is 0 Å². The maximum absolute atomic E-state index is 12.0. The lowest BCUT2D eigenvalue weighted by Crippen LogP contribution is -2.16. The van der Waals surface area contributed by atoms with Gasteiger partial charge in [0.05, 0.1) is 11.3 Å². The standard InChI is InChI=1S/C10H10N4O4S/c11-7-5-6(9(15)16)1-2-8(7)19(17,18)14-10-12-3-4-13-10/h1-5H,11H2,(H,15,16)(H2,12,13,14). The Balaban J connectivity index is 2.38. The fourth-order valence-corrected chi connectivity index (χ4v) is 2.52. The van der Waals surface area contributed by atoms with Gasteiger partial charge in [-0.25, -0.2) is 22.9 Å². The fourth-order valence-electron chi connectivity index (χ4n) is 1.43. The van der Waals surface area contributed by atoms with Gasteiger partial charge < -0.3 is 15.8 Å². The zero-order chi connectivity index (χ0) is 14.0. The summed E-state index contributed by atoms with van der Waals surface area (Å²) in [6.45, 7) is 0. The molecular weight excluding hydrogens is 272 g/mol. The van der Waals surface area contributed by atoms with E-state index in [1.165, 1.54) is 12.4 Å². The molecule has 1 aromatic carbocycles. The van der Waals surface area contributed by atoms with Crippen LogP contribution in [-0.4, -0.2) is 29.5 Å². The molecule has 1 aromatic heterocycles. The van der Waals surface area contributed by atoms with Crippen molar-refractivity contribution >= 4 is 27.6 Å². The number of aromatic carboxylic acids is 1. The van der Waals surface area contributed by atoms with Gasteiger partial charge in [0.15, 0.2) is 0 Å². The first-order valence-corrected chi connectivity index (χ1v) is 6.53. The summed E-state index contributed by atoms with van der Waals surface area (Å²) in [6, 6.07) is 3.37. The van der Waals surface area contributed by atoms with Crippen molar-refractivity contribution < 1.29 is 18.3 Å². The number of hydrogen-bond donors (Lipinski definition) is 4. The van der Waals surface area contributed by atoms with E-state index < -0.39 is 16.0 Å². The molecule has 100 valence electrons. The van der Waals surface area contributed by atoms with Gasteiger partial charge in [0, 0.05) is 12.4 Å². The number of sulfonamides is 1. The first kappa shape index (κ1) is 12.9. The van der Waals surface area contributed by atoms with Crippen LogP contribution in [0.3, 0.4) is 0 Å². The Morgan fingerprint density at radius 1 is 1.42 bits per heavy atom. The SMILES string of the molecule is Nc1cc(C(=O)O)ccc1S(=O)(=O)Nc1ncc[nH]1. The third-order valence-electron chi connectivity index (χ3n) is 2.28. The molecule has 9 heteroatoms. The lowest BCUT2D eigenvalue weighted by Gasteiger charge is -2.08. The monoisotopic (exact) mass is 282 g/mol. The smallest absolute Gasteiger partial charge is 0.335 e. The van der Waals surface area contributed by atoms with Crippen LogP contribution in [0.1, 0.15) is 10.4 Å². The summed E-state index contributed by atoms with van der Waals surface area (Å²) >= 11 is 0. The van der Waals surface area contributed by atoms with Gasteiger partial charge in [-0.05, 0) is 18.2 Å². The molecule has 0 aliphatic heterocycles. The number of H-pyrrole nitrogens is 1. The molecule has 0 radical (unpaired) electrons. The highest BCUT2D eigenvalue weighted by Gasteiger charge is 2.19. The van der Waals surface area contributed by atoms with Gasteiger partial charge in [-0.1, -0.05) is 0 Å². The maximum atomic E-state index is 12.0. The molecule has 0 spiro atoms. The number of nitrogens with zero attached hydrogens (tertiary/aromatic N) is 1. The average Bonchev–Trinajstić information content (AvgIpc) is 2.80. The molecule has 5 N–H and O–H groups in total. The predicted molar refractivity (Wildman–Crippen MR) is 67.2 cm³/mol. The van der Waals surface area contributed by atoms with E-state index in [1.807, 2.05) is 0 Å². The van der Waals surface area contributed by atoms with E-state index in [0.717, 1.165) is 18.2 Å². The zero-order valence-electron chi connectivity index (χ0n) is 9.49. The van der Waals surface area contributed by atoms with Gasteiger partial charge in [-0.2, -0.15) is 0 Å². The lowest BCUT2D eigenvalue weighted by molar-refractivity contribution is 0.0697. The Morgan fingerprint density at radius 3 is 2.68 bits per heavy atom. The zero-order valence-corrected chi connectivity index (χ0v) is 10.3. The van der Waals surface area contributed by atoms with E-state index >= 15 is 0 Å². The molecule has 2 rings (SSSR count). The van der Waals surface area contributed by atoms with Gasteiger partial charge >= 0.3 is 5.97 Å². The summed E-state index contributed by atoms with van der Waals surface area (Å²) in [6.07, 6.45) is 2.84. The molecule has 1 heterocycles. The molecule has 8 nitrogen and oxygen atoms in total. The number of nitrogens with one attached hydrogen (secondary N) is 2. The molecular formula is C10H10N4O4S. The molecule has 0 amide bonds. The minimum absolute atomic E-state index is 0.0433. The maximum Gasteiger partial charge on any atom is 0.335 e. The predicted octanol–water partition coefficient (Wildman–Crippen LogP) is 0.491. The summed E-state index contributed by atoms with van der Waals surface area (Å²) in [4.78, 5) is 16.8. The third-order valence-corrected chi connectivity index (χ3v) is 3.69. The number of carboxylic acids is 1. The largest absolute Gasteiger partial charge is 0.478 e. The van der Waals surface area contributed by atoms with Crippen LogP contribution in [0.2, 0.25) is 0 Å². The number of nitrogen functional groups attached to an aromatic ring is 1. The number of aromatic nitrogens is 2. The Bertz CT molecular complexity index is 709. The van der Waals surface area contributed by atoms with E-state index in [2.05, 4.69) is 14.7 Å². The number of rotatable bonds is 4. The number of nitrogens with two attached hydrogens (primary N) is 1. The summed E-state index contributed by atoms with van der Waals surface area (Å²) in [7, 11) is -3.92. The Kier molecular flexibility index (Phi) is 3.13. The van der Waals surface area contributed by atoms with Gasteiger partial charge in [0.2, 0.25) is 5.95 Å². The van der Waals surface area contributed by atoms with Crippen LogP contribution in [0.4, 0.5) is 11.6 Å². The second-order valence-electron chi connectivity index (χ2n) is 3.60. The second-order valence-corrected chi connectivity index (χ2v) is 5.25. The lowest BCUT2D eigenvalue weighted by atomic mass is 10.2. The van der Waals surface area contributed by atoms with Crippen molar-refractivity contribution in [3.05, 3.63) is 36.2 Å². The molecule has 0 aliphatic carbocycles. The highest BCUT2D eigenvalue weighted by Crippen LogP contribution is 2.21. The van der Waals surface area contributed by atoms with Gasteiger partial charge in [0.1, 0.15) is 4.90 Å². The van der Waals surface area contributed by atoms with Crippen molar-refractivity contribution in [2.45, 2.75) is 4.90 Å². The van der Waals surface area contributed by atoms with Crippen molar-refractivity contribution in [2.24, 2.45) is 0 Å². The van der Waals surface area contributed by atoms with Gasteiger partial charge in [0.25, 0.3) is 10.0 Å². The number of aromatic amines is 1. The molecule has 19 heavy (non-hydrogen) atoms. The Labute approximate surface area is 108 Å². The topological polar surface area (TPSA) is 138 Å².